The van der Waals surface area contributed by atoms with E-state index in [1.54, 1.807) is 6.07 Å². The third-order valence-electron chi connectivity index (χ3n) is 5.02. The molecule has 1 aliphatic heterocycles. The van der Waals surface area contributed by atoms with Gasteiger partial charge in [0.25, 0.3) is 17.7 Å². The van der Waals surface area contributed by atoms with E-state index in [4.69, 9.17) is 0 Å². The molecule has 2 heterocycles. The highest BCUT2D eigenvalue weighted by molar-refractivity contribution is 7.15. The molecular formula is C23H22N4O3S. The van der Waals surface area contributed by atoms with E-state index in [0.717, 1.165) is 22.6 Å². The number of aromatic nitrogens is 2. The summed E-state index contributed by atoms with van der Waals surface area (Å²) < 4.78 is 0. The van der Waals surface area contributed by atoms with Crippen LogP contribution in [0.1, 0.15) is 61.1 Å². The van der Waals surface area contributed by atoms with Gasteiger partial charge in [-0.2, -0.15) is 0 Å². The second-order valence-electron chi connectivity index (χ2n) is 8.05. The van der Waals surface area contributed by atoms with Crippen LogP contribution in [0, 0.1) is 19.8 Å². The van der Waals surface area contributed by atoms with Crippen molar-refractivity contribution < 1.29 is 14.4 Å². The number of hydrogen-bond acceptors (Lipinski definition) is 6. The fraction of sp³-hybridized carbons (Fsp3) is 0.261. The summed E-state index contributed by atoms with van der Waals surface area (Å²) in [6.07, 6.45) is 0.789. The Hall–Kier alpha value is -3.39. The number of aryl methyl sites for hydroxylation is 2. The second-order valence-corrected chi connectivity index (χ2v) is 9.11. The Labute approximate surface area is 184 Å². The predicted molar refractivity (Wildman–Crippen MR) is 120 cm³/mol. The fourth-order valence-corrected chi connectivity index (χ4v) is 4.41. The number of nitrogens with zero attached hydrogens (tertiary/aromatic N) is 3. The second kappa shape index (κ2) is 8.03. The van der Waals surface area contributed by atoms with Crippen LogP contribution in [0.3, 0.4) is 0 Å². The van der Waals surface area contributed by atoms with E-state index < -0.39 is 11.8 Å². The first kappa shape index (κ1) is 20.9. The van der Waals surface area contributed by atoms with Crippen LogP contribution in [0.5, 0.6) is 0 Å². The van der Waals surface area contributed by atoms with Crippen LogP contribution in [0.2, 0.25) is 0 Å². The molecule has 4 rings (SSSR count). The predicted octanol–water partition coefficient (Wildman–Crippen LogP) is 4.41. The molecule has 1 aromatic heterocycles. The Morgan fingerprint density at radius 2 is 1.77 bits per heavy atom. The largest absolute Gasteiger partial charge is 0.296 e. The van der Waals surface area contributed by atoms with Crippen LogP contribution in [0.15, 0.2) is 36.4 Å². The van der Waals surface area contributed by atoms with Crippen molar-refractivity contribution in [1.82, 2.24) is 10.2 Å². The van der Waals surface area contributed by atoms with Crippen LogP contribution < -0.4 is 10.2 Å². The van der Waals surface area contributed by atoms with E-state index in [1.165, 1.54) is 28.4 Å². The third-order valence-corrected chi connectivity index (χ3v) is 5.89. The molecule has 0 fully saturated rings. The lowest BCUT2D eigenvalue weighted by Crippen LogP contribution is -2.30. The van der Waals surface area contributed by atoms with Crippen molar-refractivity contribution in [1.29, 1.82) is 0 Å². The van der Waals surface area contributed by atoms with E-state index in [2.05, 4.69) is 29.4 Å². The summed E-state index contributed by atoms with van der Waals surface area (Å²) in [6.45, 7) is 7.93. The van der Waals surface area contributed by atoms with Crippen molar-refractivity contribution in [2.45, 2.75) is 34.1 Å². The zero-order valence-corrected chi connectivity index (χ0v) is 18.5. The zero-order chi connectivity index (χ0) is 22.3. The first-order valence-corrected chi connectivity index (χ1v) is 10.8. The maximum atomic E-state index is 13.1. The van der Waals surface area contributed by atoms with Gasteiger partial charge in [-0.1, -0.05) is 37.3 Å². The van der Waals surface area contributed by atoms with Gasteiger partial charge in [0.1, 0.15) is 5.01 Å². The summed E-state index contributed by atoms with van der Waals surface area (Å²) in [4.78, 5) is 39.9. The normalized spacial score (nSPS) is 13.1. The molecular weight excluding hydrogens is 412 g/mol. The van der Waals surface area contributed by atoms with Gasteiger partial charge in [-0.25, -0.2) is 4.90 Å². The molecule has 0 bridgehead atoms. The topological polar surface area (TPSA) is 92.3 Å². The number of carbonyl (C=O) groups excluding carboxylic acids is 3. The van der Waals surface area contributed by atoms with Gasteiger partial charge in [-0.3, -0.25) is 19.7 Å². The molecule has 3 amide bonds. The van der Waals surface area contributed by atoms with Crippen molar-refractivity contribution in [3.8, 4) is 0 Å². The fourth-order valence-electron chi connectivity index (χ4n) is 3.47. The number of anilines is 2. The van der Waals surface area contributed by atoms with Gasteiger partial charge in [0.05, 0.1) is 16.8 Å². The number of carbonyl (C=O) groups is 3. The third kappa shape index (κ3) is 3.98. The van der Waals surface area contributed by atoms with Gasteiger partial charge in [-0.15, -0.1) is 10.2 Å². The van der Waals surface area contributed by atoms with E-state index in [1.807, 2.05) is 32.0 Å². The lowest BCUT2D eigenvalue weighted by atomic mass is 10.1. The van der Waals surface area contributed by atoms with Gasteiger partial charge < -0.3 is 0 Å². The maximum absolute atomic E-state index is 13.1. The molecule has 1 aliphatic rings. The molecule has 7 nitrogen and oxygen atoms in total. The van der Waals surface area contributed by atoms with Gasteiger partial charge in [0.2, 0.25) is 5.13 Å². The van der Waals surface area contributed by atoms with Crippen molar-refractivity contribution in [2.24, 2.45) is 5.92 Å². The van der Waals surface area contributed by atoms with Gasteiger partial charge in [-0.05, 0) is 55.2 Å². The summed E-state index contributed by atoms with van der Waals surface area (Å²) in [5.41, 5.74) is 3.12. The smallest absolute Gasteiger partial charge is 0.266 e. The quantitative estimate of drug-likeness (QED) is 0.601. The highest BCUT2D eigenvalue weighted by Gasteiger charge is 2.37. The Kier molecular flexibility index (Phi) is 5.41. The number of fused-ring (bicyclic) bond motifs is 1. The molecule has 0 saturated carbocycles. The van der Waals surface area contributed by atoms with Crippen molar-refractivity contribution in [3.05, 3.63) is 69.2 Å². The Balaban J connectivity index is 1.59. The van der Waals surface area contributed by atoms with Crippen LogP contribution in [0.25, 0.3) is 0 Å². The summed E-state index contributed by atoms with van der Waals surface area (Å²) in [6, 6.07) is 10.2. The Morgan fingerprint density at radius 1 is 1.03 bits per heavy atom. The average molecular weight is 435 g/mol. The van der Waals surface area contributed by atoms with Gasteiger partial charge >= 0.3 is 0 Å². The summed E-state index contributed by atoms with van der Waals surface area (Å²) in [5.74, 6) is -0.779. The Bertz CT molecular complexity index is 1220. The molecule has 0 unspecified atom stereocenters. The highest BCUT2D eigenvalue weighted by atomic mass is 32.1. The minimum atomic E-state index is -0.432. The van der Waals surface area contributed by atoms with Crippen molar-refractivity contribution in [3.63, 3.8) is 0 Å². The number of hydrogen-bond donors (Lipinski definition) is 1. The number of imide groups is 1. The molecule has 158 valence electrons. The number of benzene rings is 2. The molecule has 2 aromatic carbocycles. The van der Waals surface area contributed by atoms with E-state index in [9.17, 15) is 14.4 Å². The molecule has 1 N–H and O–H groups in total. The van der Waals surface area contributed by atoms with Crippen molar-refractivity contribution >= 4 is 39.9 Å². The number of rotatable bonds is 5. The van der Waals surface area contributed by atoms with Crippen LogP contribution in [-0.4, -0.2) is 27.9 Å². The van der Waals surface area contributed by atoms with E-state index in [0.29, 0.717) is 16.7 Å². The number of nitrogens with one attached hydrogen (secondary N) is 1. The van der Waals surface area contributed by atoms with E-state index >= 15 is 0 Å². The zero-order valence-electron chi connectivity index (χ0n) is 17.7. The van der Waals surface area contributed by atoms with Crippen molar-refractivity contribution in [2.75, 3.05) is 10.2 Å². The molecule has 8 heteroatoms. The average Bonchev–Trinajstić information content (AvgIpc) is 3.25. The molecule has 31 heavy (non-hydrogen) atoms. The lowest BCUT2D eigenvalue weighted by Gasteiger charge is -2.17. The molecule has 3 aromatic rings. The highest BCUT2D eigenvalue weighted by Crippen LogP contribution is 2.32. The maximum Gasteiger partial charge on any atom is 0.266 e. The summed E-state index contributed by atoms with van der Waals surface area (Å²) in [5, 5.41) is 12.1. The molecule has 0 spiro atoms. The Morgan fingerprint density at radius 3 is 2.52 bits per heavy atom. The molecule has 0 atom stereocenters. The minimum absolute atomic E-state index is 0.219. The molecule has 0 radical (unpaired) electrons. The monoisotopic (exact) mass is 434 g/mol. The first-order valence-electron chi connectivity index (χ1n) is 9.98. The summed E-state index contributed by atoms with van der Waals surface area (Å²) in [7, 11) is 0. The minimum Gasteiger partial charge on any atom is -0.296 e. The lowest BCUT2D eigenvalue weighted by molar-refractivity contribution is 0.0925. The number of amides is 3. The first-order chi connectivity index (χ1) is 14.7. The molecule has 0 aliphatic carbocycles. The van der Waals surface area contributed by atoms with Crippen LogP contribution in [-0.2, 0) is 6.42 Å². The van der Waals surface area contributed by atoms with Gasteiger partial charge in [0, 0.05) is 12.0 Å². The van der Waals surface area contributed by atoms with Gasteiger partial charge in [0.15, 0.2) is 0 Å². The van der Waals surface area contributed by atoms with Crippen LogP contribution >= 0.6 is 11.3 Å². The SMILES string of the molecule is Cc1ccc(C)c(N2C(=O)c3ccc(C(=O)Nc4nnc(CC(C)C)s4)cc3C2=O)c1. The van der Waals surface area contributed by atoms with E-state index in [-0.39, 0.29) is 22.6 Å². The standard InChI is InChI=1S/C23H22N4O3S/c1-12(2)9-19-25-26-23(31-19)24-20(28)15-7-8-16-17(11-15)22(30)27(21(16)29)18-10-13(3)5-6-14(18)4/h5-8,10-12H,9H2,1-4H3,(H,24,26,28). The summed E-state index contributed by atoms with van der Waals surface area (Å²) >= 11 is 1.33. The van der Waals surface area contributed by atoms with Crippen LogP contribution in [0.4, 0.5) is 10.8 Å². The molecule has 0 saturated heterocycles.